The molecular formula is C16H25BrN2. The number of nitrogens with two attached hydrogens (primary N) is 1. The first-order chi connectivity index (χ1) is 9.17. The summed E-state index contributed by atoms with van der Waals surface area (Å²) >= 11 is 3.57. The molecule has 1 aromatic rings. The molecule has 0 saturated heterocycles. The van der Waals surface area contributed by atoms with Crippen molar-refractivity contribution in [1.82, 2.24) is 5.43 Å². The first-order valence-electron chi connectivity index (χ1n) is 7.39. The molecular weight excluding hydrogens is 300 g/mol. The average molecular weight is 325 g/mol. The van der Waals surface area contributed by atoms with E-state index < -0.39 is 0 Å². The van der Waals surface area contributed by atoms with Gasteiger partial charge in [-0.1, -0.05) is 60.7 Å². The van der Waals surface area contributed by atoms with Crippen LogP contribution in [-0.4, -0.2) is 0 Å². The van der Waals surface area contributed by atoms with Gasteiger partial charge in [0.1, 0.15) is 0 Å². The van der Waals surface area contributed by atoms with E-state index in [-0.39, 0.29) is 6.04 Å². The van der Waals surface area contributed by atoms with Crippen molar-refractivity contribution in [3.05, 3.63) is 33.8 Å². The second-order valence-corrected chi connectivity index (χ2v) is 6.62. The van der Waals surface area contributed by atoms with Crippen LogP contribution in [0.3, 0.4) is 0 Å². The van der Waals surface area contributed by atoms with Crippen LogP contribution in [0, 0.1) is 18.8 Å². The van der Waals surface area contributed by atoms with Crippen molar-refractivity contribution in [1.29, 1.82) is 0 Å². The predicted octanol–water partition coefficient (Wildman–Crippen LogP) is 4.48. The Morgan fingerprint density at radius 3 is 2.74 bits per heavy atom. The van der Waals surface area contributed by atoms with Gasteiger partial charge in [-0.25, -0.2) is 0 Å². The minimum atomic E-state index is 0.289. The molecule has 3 heteroatoms. The van der Waals surface area contributed by atoms with Gasteiger partial charge in [-0.2, -0.15) is 0 Å². The molecule has 1 aliphatic rings. The van der Waals surface area contributed by atoms with E-state index in [9.17, 15) is 0 Å². The lowest BCUT2D eigenvalue weighted by molar-refractivity contribution is 0.176. The number of rotatable bonds is 4. The van der Waals surface area contributed by atoms with Crippen LogP contribution in [0.2, 0.25) is 0 Å². The second-order valence-electron chi connectivity index (χ2n) is 5.77. The van der Waals surface area contributed by atoms with Crippen molar-refractivity contribution < 1.29 is 0 Å². The Bertz CT molecular complexity index is 419. The summed E-state index contributed by atoms with van der Waals surface area (Å²) in [5.41, 5.74) is 5.69. The van der Waals surface area contributed by atoms with Crippen molar-refractivity contribution in [3.63, 3.8) is 0 Å². The number of benzene rings is 1. The molecule has 0 amide bonds. The number of hydrazine groups is 1. The van der Waals surface area contributed by atoms with Crippen LogP contribution in [0.1, 0.15) is 56.2 Å². The van der Waals surface area contributed by atoms with Gasteiger partial charge in [0.15, 0.2) is 0 Å². The predicted molar refractivity (Wildman–Crippen MR) is 84.7 cm³/mol. The van der Waals surface area contributed by atoms with Crippen LogP contribution in [0.15, 0.2) is 22.7 Å². The van der Waals surface area contributed by atoms with Crippen LogP contribution in [-0.2, 0) is 0 Å². The summed E-state index contributed by atoms with van der Waals surface area (Å²) in [5, 5.41) is 0. The lowest BCUT2D eigenvalue weighted by atomic mass is 9.72. The first kappa shape index (κ1) is 15.0. The third-order valence-electron chi connectivity index (χ3n) is 4.64. The molecule has 3 unspecified atom stereocenters. The fourth-order valence-corrected chi connectivity index (χ4v) is 3.76. The molecule has 2 nitrogen and oxygen atoms in total. The summed E-state index contributed by atoms with van der Waals surface area (Å²) in [6.45, 7) is 4.45. The molecule has 1 aromatic carbocycles. The third kappa shape index (κ3) is 3.39. The Labute approximate surface area is 125 Å². The third-order valence-corrected chi connectivity index (χ3v) is 5.53. The zero-order valence-electron chi connectivity index (χ0n) is 12.0. The fraction of sp³-hybridized carbons (Fsp3) is 0.625. The maximum absolute atomic E-state index is 5.88. The molecule has 1 saturated carbocycles. The van der Waals surface area contributed by atoms with Crippen molar-refractivity contribution in [3.8, 4) is 0 Å². The molecule has 0 radical (unpaired) electrons. The minimum absolute atomic E-state index is 0.289. The summed E-state index contributed by atoms with van der Waals surface area (Å²) in [7, 11) is 0. The molecule has 106 valence electrons. The standard InChI is InChI=1S/C16H25BrN2/c1-3-12-6-4-5-7-14(12)16(19-18)13-8-9-15(17)11(2)10-13/h8-10,12,14,16,19H,3-7,18H2,1-2H3. The van der Waals surface area contributed by atoms with Gasteiger partial charge in [-0.3, -0.25) is 11.3 Å². The highest BCUT2D eigenvalue weighted by atomic mass is 79.9. The van der Waals surface area contributed by atoms with E-state index in [1.165, 1.54) is 47.7 Å². The average Bonchev–Trinajstić information content (AvgIpc) is 2.44. The topological polar surface area (TPSA) is 38.0 Å². The molecule has 0 spiro atoms. The quantitative estimate of drug-likeness (QED) is 0.633. The number of hydrogen-bond acceptors (Lipinski definition) is 2. The van der Waals surface area contributed by atoms with E-state index >= 15 is 0 Å². The number of hydrogen-bond donors (Lipinski definition) is 2. The smallest absolute Gasteiger partial charge is 0.0490 e. The molecule has 0 bridgehead atoms. The molecule has 19 heavy (non-hydrogen) atoms. The number of aryl methyl sites for hydroxylation is 1. The van der Waals surface area contributed by atoms with Crippen LogP contribution >= 0.6 is 15.9 Å². The van der Waals surface area contributed by atoms with Gasteiger partial charge >= 0.3 is 0 Å². The van der Waals surface area contributed by atoms with Crippen molar-refractivity contribution >= 4 is 15.9 Å². The lowest BCUT2D eigenvalue weighted by Gasteiger charge is -2.37. The Morgan fingerprint density at radius 1 is 1.37 bits per heavy atom. The molecule has 3 atom stereocenters. The van der Waals surface area contributed by atoms with Crippen LogP contribution in [0.4, 0.5) is 0 Å². The minimum Gasteiger partial charge on any atom is -0.271 e. The molecule has 0 aromatic heterocycles. The van der Waals surface area contributed by atoms with Crippen LogP contribution < -0.4 is 11.3 Å². The Hall–Kier alpha value is -0.380. The van der Waals surface area contributed by atoms with E-state index in [2.05, 4.69) is 53.4 Å². The SMILES string of the molecule is CCC1CCCCC1C(NN)c1ccc(Br)c(C)c1. The highest BCUT2D eigenvalue weighted by molar-refractivity contribution is 9.10. The molecule has 3 N–H and O–H groups in total. The molecule has 0 aliphatic heterocycles. The van der Waals surface area contributed by atoms with Crippen LogP contribution in [0.25, 0.3) is 0 Å². The summed E-state index contributed by atoms with van der Waals surface area (Å²) < 4.78 is 1.17. The van der Waals surface area contributed by atoms with E-state index in [0.29, 0.717) is 5.92 Å². The van der Waals surface area contributed by atoms with E-state index in [0.717, 1.165) is 5.92 Å². The normalized spacial score (nSPS) is 25.3. The number of nitrogens with one attached hydrogen (secondary N) is 1. The van der Waals surface area contributed by atoms with E-state index in [4.69, 9.17) is 5.84 Å². The van der Waals surface area contributed by atoms with Crippen molar-refractivity contribution in [2.75, 3.05) is 0 Å². The summed E-state index contributed by atoms with van der Waals surface area (Å²) in [6.07, 6.45) is 6.64. The van der Waals surface area contributed by atoms with Crippen molar-refractivity contribution in [2.24, 2.45) is 17.7 Å². The summed E-state index contributed by atoms with van der Waals surface area (Å²) in [6, 6.07) is 6.88. The van der Waals surface area contributed by atoms with Gasteiger partial charge in [0.05, 0.1) is 0 Å². The van der Waals surface area contributed by atoms with Crippen LogP contribution in [0.5, 0.6) is 0 Å². The van der Waals surface area contributed by atoms with E-state index in [1.807, 2.05) is 0 Å². The Morgan fingerprint density at radius 2 is 2.11 bits per heavy atom. The molecule has 2 rings (SSSR count). The zero-order valence-corrected chi connectivity index (χ0v) is 13.5. The fourth-order valence-electron chi connectivity index (χ4n) is 3.51. The molecule has 1 aliphatic carbocycles. The molecule has 1 fully saturated rings. The van der Waals surface area contributed by atoms with E-state index in [1.54, 1.807) is 0 Å². The maximum atomic E-state index is 5.88. The Kier molecular flexibility index (Phi) is 5.43. The monoisotopic (exact) mass is 324 g/mol. The zero-order chi connectivity index (χ0) is 13.8. The summed E-state index contributed by atoms with van der Waals surface area (Å²) in [4.78, 5) is 0. The van der Waals surface area contributed by atoms with Gasteiger partial charge in [-0.05, 0) is 42.4 Å². The highest BCUT2D eigenvalue weighted by Crippen LogP contribution is 2.40. The van der Waals surface area contributed by atoms with Gasteiger partial charge in [0.2, 0.25) is 0 Å². The van der Waals surface area contributed by atoms with Gasteiger partial charge in [0.25, 0.3) is 0 Å². The van der Waals surface area contributed by atoms with Crippen molar-refractivity contribution in [2.45, 2.75) is 52.0 Å². The Balaban J connectivity index is 2.24. The van der Waals surface area contributed by atoms with Gasteiger partial charge in [-0.15, -0.1) is 0 Å². The molecule has 0 heterocycles. The van der Waals surface area contributed by atoms with Gasteiger partial charge < -0.3 is 0 Å². The highest BCUT2D eigenvalue weighted by Gasteiger charge is 2.31. The largest absolute Gasteiger partial charge is 0.271 e. The first-order valence-corrected chi connectivity index (χ1v) is 8.18. The maximum Gasteiger partial charge on any atom is 0.0490 e. The van der Waals surface area contributed by atoms with Gasteiger partial charge in [0, 0.05) is 10.5 Å². The number of halogens is 1. The lowest BCUT2D eigenvalue weighted by Crippen LogP contribution is -2.38. The second kappa shape index (κ2) is 6.87. The summed E-state index contributed by atoms with van der Waals surface area (Å²) in [5.74, 6) is 7.35.